The van der Waals surface area contributed by atoms with Crippen LogP contribution in [0.4, 0.5) is 13.2 Å². The van der Waals surface area contributed by atoms with E-state index in [0.29, 0.717) is 16.9 Å². The minimum absolute atomic E-state index is 0.0549. The number of hydrogen-bond donors (Lipinski definition) is 4. The summed E-state index contributed by atoms with van der Waals surface area (Å²) in [6.07, 6.45) is 1.90. The monoisotopic (exact) mass is 484 g/mol. The molecular formula is C24H35F3N4OS. The number of halogens is 3. The molecule has 1 atom stereocenters. The van der Waals surface area contributed by atoms with E-state index < -0.39 is 17.5 Å². The van der Waals surface area contributed by atoms with Crippen molar-refractivity contribution in [2.24, 2.45) is 22.6 Å². The number of benzene rings is 1. The summed E-state index contributed by atoms with van der Waals surface area (Å²) < 4.78 is 40.7. The molecule has 0 saturated heterocycles. The average Bonchev–Trinajstić information content (AvgIpc) is 3.12. The van der Waals surface area contributed by atoms with Gasteiger partial charge in [0.25, 0.3) is 0 Å². The van der Waals surface area contributed by atoms with Gasteiger partial charge in [-0.3, -0.25) is 0 Å². The van der Waals surface area contributed by atoms with Crippen LogP contribution in [0.2, 0.25) is 0 Å². The number of amidine groups is 1. The van der Waals surface area contributed by atoms with Gasteiger partial charge in [-0.25, -0.2) is 11.4 Å². The van der Waals surface area contributed by atoms with E-state index >= 15 is 0 Å². The molecule has 1 unspecified atom stereocenters. The maximum atomic E-state index is 13.6. The van der Waals surface area contributed by atoms with Gasteiger partial charge in [-0.05, 0) is 60.2 Å². The van der Waals surface area contributed by atoms with E-state index in [4.69, 9.17) is 11.6 Å². The summed E-state index contributed by atoms with van der Waals surface area (Å²) in [6, 6.07) is 5.15. The van der Waals surface area contributed by atoms with Gasteiger partial charge in [0.2, 0.25) is 0 Å². The van der Waals surface area contributed by atoms with Gasteiger partial charge in [0.05, 0.1) is 10.4 Å². The summed E-state index contributed by atoms with van der Waals surface area (Å²) in [5, 5.41) is 13.3. The van der Waals surface area contributed by atoms with Crippen LogP contribution >= 0.6 is 11.3 Å². The van der Waals surface area contributed by atoms with Crippen LogP contribution in [0, 0.1) is 12.8 Å². The van der Waals surface area contributed by atoms with Crippen LogP contribution in [-0.2, 0) is 6.18 Å². The summed E-state index contributed by atoms with van der Waals surface area (Å²) in [5.74, 6) is 4.78. The number of nitrogens with two attached hydrogens (primary N) is 2. The number of hydrazine groups is 1. The number of thiophene rings is 1. The highest BCUT2D eigenvalue weighted by atomic mass is 32.1. The molecule has 6 N–H and O–H groups in total. The van der Waals surface area contributed by atoms with Crippen LogP contribution in [-0.4, -0.2) is 10.9 Å². The fraction of sp³-hybridized carbons (Fsp3) is 0.458. The van der Waals surface area contributed by atoms with Gasteiger partial charge in [-0.1, -0.05) is 53.0 Å². The highest BCUT2D eigenvalue weighted by Gasteiger charge is 2.35. The third-order valence-corrected chi connectivity index (χ3v) is 6.36. The molecule has 1 aromatic heterocycles. The molecule has 0 radical (unpaired) electrons. The van der Waals surface area contributed by atoms with E-state index in [0.717, 1.165) is 16.5 Å². The molecule has 184 valence electrons. The largest absolute Gasteiger partial charge is 0.508 e. The maximum absolute atomic E-state index is 13.6. The van der Waals surface area contributed by atoms with E-state index in [-0.39, 0.29) is 17.3 Å². The Morgan fingerprint density at radius 2 is 1.85 bits per heavy atom. The van der Waals surface area contributed by atoms with Crippen molar-refractivity contribution in [1.82, 2.24) is 5.53 Å². The Bertz CT molecular complexity index is 950. The van der Waals surface area contributed by atoms with Gasteiger partial charge in [-0.2, -0.15) is 13.2 Å². The Labute approximate surface area is 198 Å². The Morgan fingerprint density at radius 1 is 1.21 bits per heavy atom. The zero-order chi connectivity index (χ0) is 25.2. The predicted octanol–water partition coefficient (Wildman–Crippen LogP) is 6.65. The molecule has 1 heterocycles. The lowest BCUT2D eigenvalue weighted by Gasteiger charge is -2.20. The van der Waals surface area contributed by atoms with Gasteiger partial charge in [0, 0.05) is 4.88 Å². The lowest BCUT2D eigenvalue weighted by Crippen LogP contribution is -2.22. The van der Waals surface area contributed by atoms with E-state index in [2.05, 4.69) is 24.5 Å². The molecular weight excluding hydrogens is 449 g/mol. The standard InChI is InChI=1S/C19H23F3N4OS.C5H12/c1-4-10(2)14(13-6-5-12(27)8-15(13)19(20,21)22)9-16-11(3)7-17(28-16)18(23)25-26-24;1-3-5-4-2/h5-10,26-27H,4,24H2,1-3H3,(H2,23,25);3-5H2,1-2H3/b14-9+;. The maximum Gasteiger partial charge on any atom is 0.417 e. The molecule has 5 nitrogen and oxygen atoms in total. The van der Waals surface area contributed by atoms with E-state index in [1.54, 1.807) is 6.08 Å². The second kappa shape index (κ2) is 13.3. The van der Waals surface area contributed by atoms with Crippen molar-refractivity contribution in [3.8, 4) is 5.75 Å². The third-order valence-electron chi connectivity index (χ3n) is 5.15. The molecule has 1 aromatic carbocycles. The van der Waals surface area contributed by atoms with Crippen molar-refractivity contribution in [3.05, 3.63) is 50.7 Å². The molecule has 0 fully saturated rings. The van der Waals surface area contributed by atoms with Crippen LogP contribution in [0.15, 0.2) is 29.4 Å². The molecule has 0 bridgehead atoms. The molecule has 0 aliphatic heterocycles. The number of hydrazone groups is 1. The first-order valence-electron chi connectivity index (χ1n) is 11.0. The molecule has 0 amide bonds. The molecule has 0 aliphatic carbocycles. The van der Waals surface area contributed by atoms with Crippen LogP contribution in [0.1, 0.15) is 79.8 Å². The highest BCUT2D eigenvalue weighted by Crippen LogP contribution is 2.41. The topological polar surface area (TPSA) is 96.7 Å². The first kappa shape index (κ1) is 28.5. The van der Waals surface area contributed by atoms with Crippen LogP contribution in [0.3, 0.4) is 0 Å². The van der Waals surface area contributed by atoms with Crippen molar-refractivity contribution in [3.63, 3.8) is 0 Å². The number of hydrogen-bond acceptors (Lipinski definition) is 5. The number of alkyl halides is 3. The highest BCUT2D eigenvalue weighted by molar-refractivity contribution is 7.15. The van der Waals surface area contributed by atoms with Crippen molar-refractivity contribution in [1.29, 1.82) is 0 Å². The summed E-state index contributed by atoms with van der Waals surface area (Å²) in [4.78, 5) is 1.44. The van der Waals surface area contributed by atoms with Gasteiger partial charge >= 0.3 is 6.18 Å². The van der Waals surface area contributed by atoms with Crippen molar-refractivity contribution in [2.75, 3.05) is 0 Å². The zero-order valence-corrected chi connectivity index (χ0v) is 20.7. The summed E-state index contributed by atoms with van der Waals surface area (Å²) in [5.41, 5.74) is 8.56. The average molecular weight is 485 g/mol. The molecule has 2 rings (SSSR count). The minimum Gasteiger partial charge on any atom is -0.508 e. The molecule has 2 aromatic rings. The van der Waals surface area contributed by atoms with E-state index in [1.165, 1.54) is 42.7 Å². The molecule has 9 heteroatoms. The van der Waals surface area contributed by atoms with E-state index in [9.17, 15) is 18.3 Å². The predicted molar refractivity (Wildman–Crippen MR) is 133 cm³/mol. The van der Waals surface area contributed by atoms with Crippen LogP contribution in [0.5, 0.6) is 5.75 Å². The van der Waals surface area contributed by atoms with Crippen molar-refractivity contribution < 1.29 is 18.3 Å². The number of aryl methyl sites for hydroxylation is 1. The smallest absolute Gasteiger partial charge is 0.417 e. The number of unbranched alkanes of at least 4 members (excludes halogenated alkanes) is 2. The zero-order valence-electron chi connectivity index (χ0n) is 19.9. The Balaban J connectivity index is 0.000000981. The lowest BCUT2D eigenvalue weighted by molar-refractivity contribution is -0.137. The Hall–Kier alpha value is -2.52. The number of aromatic hydroxyl groups is 1. The Kier molecular flexibility index (Phi) is 11.4. The summed E-state index contributed by atoms with van der Waals surface area (Å²) in [6.45, 7) is 10.1. The molecule has 33 heavy (non-hydrogen) atoms. The van der Waals surface area contributed by atoms with Crippen molar-refractivity contribution in [2.45, 2.75) is 66.5 Å². The van der Waals surface area contributed by atoms with E-state index in [1.807, 2.05) is 26.8 Å². The van der Waals surface area contributed by atoms with Gasteiger partial charge in [0.1, 0.15) is 5.75 Å². The van der Waals surface area contributed by atoms with Crippen LogP contribution in [0.25, 0.3) is 11.6 Å². The number of rotatable bonds is 8. The first-order valence-corrected chi connectivity index (χ1v) is 11.8. The van der Waals surface area contributed by atoms with Crippen LogP contribution < -0.4 is 17.1 Å². The van der Waals surface area contributed by atoms with Gasteiger partial charge in [0.15, 0.2) is 5.84 Å². The SMILES string of the molecule is CCC(C)/C(=C\c1sc(/C(N)=N/NN)cc1C)c1ccc(O)cc1C(F)(F)F.CCCCC. The quantitative estimate of drug-likeness (QED) is 0.146. The second-order valence-corrected chi connectivity index (χ2v) is 8.86. The number of nitrogens with one attached hydrogen (secondary N) is 1. The third kappa shape index (κ3) is 8.40. The Morgan fingerprint density at radius 3 is 2.33 bits per heavy atom. The normalized spacial score (nSPS) is 13.4. The number of phenolic OH excluding ortho intramolecular Hbond substituents is 1. The summed E-state index contributed by atoms with van der Waals surface area (Å²) in [7, 11) is 0. The molecule has 0 aliphatic rings. The number of phenols is 1. The summed E-state index contributed by atoms with van der Waals surface area (Å²) >= 11 is 1.32. The van der Waals surface area contributed by atoms with Crippen molar-refractivity contribution >= 4 is 28.8 Å². The number of allylic oxidation sites excluding steroid dienone is 1. The second-order valence-electron chi connectivity index (χ2n) is 7.77. The minimum atomic E-state index is -4.58. The first-order chi connectivity index (χ1) is 15.5. The van der Waals surface area contributed by atoms with Gasteiger partial charge < -0.3 is 10.8 Å². The molecule has 0 saturated carbocycles. The fourth-order valence-electron chi connectivity index (χ4n) is 3.11. The fourth-order valence-corrected chi connectivity index (χ4v) is 4.14. The lowest BCUT2D eigenvalue weighted by atomic mass is 9.88. The number of nitrogens with zero attached hydrogens (tertiary/aromatic N) is 1. The van der Waals surface area contributed by atoms with Gasteiger partial charge in [-0.15, -0.1) is 16.4 Å². The molecule has 0 spiro atoms.